The first-order chi connectivity index (χ1) is 12.1. The molecule has 1 aliphatic heterocycles. The Kier molecular flexibility index (Phi) is 5.25. The second-order valence-electron chi connectivity index (χ2n) is 7.20. The highest BCUT2D eigenvalue weighted by Gasteiger charge is 2.42. The molecule has 6 nitrogen and oxygen atoms in total. The summed E-state index contributed by atoms with van der Waals surface area (Å²) in [4.78, 5) is 14.7. The van der Waals surface area contributed by atoms with Crippen LogP contribution >= 0.6 is 12.4 Å². The summed E-state index contributed by atoms with van der Waals surface area (Å²) < 4.78 is 7.13. The molecule has 1 aliphatic carbocycles. The van der Waals surface area contributed by atoms with Crippen LogP contribution in [0, 0.1) is 18.8 Å². The Balaban J connectivity index is 0.00000196. The molecule has 1 amide bonds. The first kappa shape index (κ1) is 18.7. The largest absolute Gasteiger partial charge is 0.494 e. The van der Waals surface area contributed by atoms with Crippen molar-refractivity contribution in [1.82, 2.24) is 14.7 Å². The minimum Gasteiger partial charge on any atom is -0.494 e. The lowest BCUT2D eigenvalue weighted by Crippen LogP contribution is -2.33. The van der Waals surface area contributed by atoms with Gasteiger partial charge in [0.25, 0.3) is 5.91 Å². The molecule has 0 spiro atoms. The number of hydrogen-bond acceptors (Lipinski definition) is 4. The van der Waals surface area contributed by atoms with Gasteiger partial charge in [-0.1, -0.05) is 6.07 Å². The van der Waals surface area contributed by atoms with Gasteiger partial charge in [0.1, 0.15) is 11.4 Å². The number of amides is 1. The van der Waals surface area contributed by atoms with Crippen molar-refractivity contribution in [2.75, 3.05) is 20.2 Å². The van der Waals surface area contributed by atoms with Gasteiger partial charge in [-0.15, -0.1) is 12.4 Å². The van der Waals surface area contributed by atoms with Crippen LogP contribution < -0.4 is 10.5 Å². The lowest BCUT2D eigenvalue weighted by Gasteiger charge is -2.17. The third-order valence-electron chi connectivity index (χ3n) is 5.59. The molecule has 2 aromatic rings. The van der Waals surface area contributed by atoms with E-state index in [1.165, 1.54) is 0 Å². The molecule has 1 saturated heterocycles. The monoisotopic (exact) mass is 376 g/mol. The maximum atomic E-state index is 12.8. The molecule has 26 heavy (non-hydrogen) atoms. The van der Waals surface area contributed by atoms with Crippen molar-refractivity contribution in [3.63, 3.8) is 0 Å². The molecule has 3 atom stereocenters. The lowest BCUT2D eigenvalue weighted by molar-refractivity contribution is 0.0773. The number of hydrogen-bond donors (Lipinski definition) is 1. The predicted molar refractivity (Wildman–Crippen MR) is 102 cm³/mol. The van der Waals surface area contributed by atoms with Crippen LogP contribution in [-0.2, 0) is 0 Å². The summed E-state index contributed by atoms with van der Waals surface area (Å²) in [7, 11) is 1.63. The highest BCUT2D eigenvalue weighted by Crippen LogP contribution is 2.37. The fraction of sp³-hybridized carbons (Fsp3) is 0.474. The normalized spacial score (nSPS) is 24.3. The maximum absolute atomic E-state index is 12.8. The van der Waals surface area contributed by atoms with Gasteiger partial charge in [0.15, 0.2) is 5.69 Å². The number of nitrogens with two attached hydrogens (primary N) is 1. The van der Waals surface area contributed by atoms with E-state index >= 15 is 0 Å². The lowest BCUT2D eigenvalue weighted by atomic mass is 9.98. The van der Waals surface area contributed by atoms with Crippen LogP contribution in [0.3, 0.4) is 0 Å². The molecule has 140 valence electrons. The molecule has 1 aromatic heterocycles. The Morgan fingerprint density at radius 1 is 1.27 bits per heavy atom. The van der Waals surface area contributed by atoms with Crippen LogP contribution in [0.5, 0.6) is 5.75 Å². The van der Waals surface area contributed by atoms with Gasteiger partial charge >= 0.3 is 0 Å². The van der Waals surface area contributed by atoms with Gasteiger partial charge in [0, 0.05) is 25.3 Å². The highest BCUT2D eigenvalue weighted by molar-refractivity contribution is 5.92. The van der Waals surface area contributed by atoms with Crippen LogP contribution in [0.2, 0.25) is 0 Å². The zero-order chi connectivity index (χ0) is 17.6. The van der Waals surface area contributed by atoms with Crippen molar-refractivity contribution < 1.29 is 9.53 Å². The SMILES string of the molecule is COc1ccc(C)cc1-n1ccc(C(=O)N2CC3CCC(N)C3C2)n1.Cl. The molecular weight excluding hydrogens is 352 g/mol. The summed E-state index contributed by atoms with van der Waals surface area (Å²) in [6.07, 6.45) is 4.02. The number of halogens is 1. The van der Waals surface area contributed by atoms with E-state index in [-0.39, 0.29) is 24.4 Å². The molecule has 2 aliphatic rings. The molecule has 7 heteroatoms. The van der Waals surface area contributed by atoms with Crippen molar-refractivity contribution >= 4 is 18.3 Å². The van der Waals surface area contributed by atoms with E-state index in [1.54, 1.807) is 17.9 Å². The average Bonchev–Trinajstić information content (AvgIpc) is 3.32. The van der Waals surface area contributed by atoms with Gasteiger partial charge in [-0.25, -0.2) is 4.68 Å². The molecule has 0 radical (unpaired) electrons. The molecule has 4 rings (SSSR count). The first-order valence-electron chi connectivity index (χ1n) is 8.82. The van der Waals surface area contributed by atoms with E-state index in [4.69, 9.17) is 10.5 Å². The Labute approximate surface area is 159 Å². The number of aryl methyl sites for hydroxylation is 1. The van der Waals surface area contributed by atoms with Gasteiger partial charge in [-0.3, -0.25) is 4.79 Å². The van der Waals surface area contributed by atoms with Crippen molar-refractivity contribution in [2.45, 2.75) is 25.8 Å². The third-order valence-corrected chi connectivity index (χ3v) is 5.59. The quantitative estimate of drug-likeness (QED) is 0.892. The number of likely N-dealkylation sites (tertiary alicyclic amines) is 1. The summed E-state index contributed by atoms with van der Waals surface area (Å²) >= 11 is 0. The van der Waals surface area contributed by atoms with Gasteiger partial charge in [-0.2, -0.15) is 5.10 Å². The van der Waals surface area contributed by atoms with Crippen LogP contribution in [-0.4, -0.2) is 46.8 Å². The van der Waals surface area contributed by atoms with E-state index in [0.717, 1.165) is 42.9 Å². The topological polar surface area (TPSA) is 73.4 Å². The standard InChI is InChI=1S/C19H24N4O2.ClH/c1-12-3-6-18(25-2)17(9-12)23-8-7-16(21-23)19(24)22-10-13-4-5-15(20)14(13)11-22;/h3,6-9,13-15H,4-5,10-11,20H2,1-2H3;1H. The van der Waals surface area contributed by atoms with Gasteiger partial charge in [0.2, 0.25) is 0 Å². The Bertz CT molecular complexity index is 807. The van der Waals surface area contributed by atoms with E-state index in [2.05, 4.69) is 5.10 Å². The molecule has 1 saturated carbocycles. The summed E-state index contributed by atoms with van der Waals surface area (Å²) in [5, 5.41) is 4.50. The fourth-order valence-corrected chi connectivity index (χ4v) is 4.19. The maximum Gasteiger partial charge on any atom is 0.274 e. The Morgan fingerprint density at radius 3 is 2.81 bits per heavy atom. The smallest absolute Gasteiger partial charge is 0.274 e. The summed E-state index contributed by atoms with van der Waals surface area (Å²) in [6.45, 7) is 3.58. The van der Waals surface area contributed by atoms with E-state index in [1.807, 2.05) is 36.2 Å². The van der Waals surface area contributed by atoms with E-state index in [9.17, 15) is 4.79 Å². The van der Waals surface area contributed by atoms with Gasteiger partial charge in [-0.05, 0) is 55.4 Å². The summed E-state index contributed by atoms with van der Waals surface area (Å²) in [6, 6.07) is 7.91. The van der Waals surface area contributed by atoms with Crippen molar-refractivity contribution in [3.05, 3.63) is 41.7 Å². The minimum absolute atomic E-state index is 0. The first-order valence-corrected chi connectivity index (χ1v) is 8.82. The molecule has 0 bridgehead atoms. The number of methoxy groups -OCH3 is 1. The second-order valence-corrected chi connectivity index (χ2v) is 7.20. The fourth-order valence-electron chi connectivity index (χ4n) is 4.19. The minimum atomic E-state index is -0.00744. The second kappa shape index (κ2) is 7.29. The number of aromatic nitrogens is 2. The van der Waals surface area contributed by atoms with Crippen LogP contribution in [0.4, 0.5) is 0 Å². The molecule has 3 unspecified atom stereocenters. The summed E-state index contributed by atoms with van der Waals surface area (Å²) in [5.74, 6) is 1.72. The Morgan fingerprint density at radius 2 is 2.08 bits per heavy atom. The molecule has 2 N–H and O–H groups in total. The number of carbonyl (C=O) groups excluding carboxylic acids is 1. The van der Waals surface area contributed by atoms with Gasteiger partial charge in [0.05, 0.1) is 7.11 Å². The van der Waals surface area contributed by atoms with Crippen LogP contribution in [0.1, 0.15) is 28.9 Å². The number of nitrogens with zero attached hydrogens (tertiary/aromatic N) is 3. The molecule has 2 heterocycles. The predicted octanol–water partition coefficient (Wildman–Crippen LogP) is 2.42. The zero-order valence-corrected chi connectivity index (χ0v) is 15.9. The number of benzene rings is 1. The van der Waals surface area contributed by atoms with Crippen LogP contribution in [0.25, 0.3) is 5.69 Å². The zero-order valence-electron chi connectivity index (χ0n) is 15.1. The third kappa shape index (κ3) is 3.19. The average molecular weight is 377 g/mol. The number of ether oxygens (including phenoxy) is 1. The van der Waals surface area contributed by atoms with E-state index < -0.39 is 0 Å². The van der Waals surface area contributed by atoms with Crippen molar-refractivity contribution in [1.29, 1.82) is 0 Å². The number of rotatable bonds is 3. The van der Waals surface area contributed by atoms with Crippen molar-refractivity contribution in [3.8, 4) is 11.4 Å². The Hall–Kier alpha value is -2.05. The molecule has 2 fully saturated rings. The molecular formula is C19H25ClN4O2. The number of carbonyl (C=O) groups is 1. The number of fused-ring (bicyclic) bond motifs is 1. The highest BCUT2D eigenvalue weighted by atomic mass is 35.5. The molecule has 1 aromatic carbocycles. The van der Waals surface area contributed by atoms with Gasteiger partial charge < -0.3 is 15.4 Å². The van der Waals surface area contributed by atoms with Crippen molar-refractivity contribution in [2.24, 2.45) is 17.6 Å². The summed E-state index contributed by atoms with van der Waals surface area (Å²) in [5.41, 5.74) is 8.59. The van der Waals surface area contributed by atoms with E-state index in [0.29, 0.717) is 17.5 Å². The van der Waals surface area contributed by atoms with Crippen LogP contribution in [0.15, 0.2) is 30.5 Å².